The van der Waals surface area contributed by atoms with Gasteiger partial charge in [-0.3, -0.25) is 4.40 Å². The number of pyridine rings is 1. The SMILES string of the molecule is CSCCC(C)N(C)c1nc2ccccn2c1CO. The Kier molecular flexibility index (Phi) is 4.71. The van der Waals surface area contributed by atoms with Crippen LogP contribution in [-0.2, 0) is 6.61 Å². The van der Waals surface area contributed by atoms with E-state index in [1.165, 1.54) is 0 Å². The van der Waals surface area contributed by atoms with Crippen molar-refractivity contribution in [3.63, 3.8) is 0 Å². The number of hydrogen-bond donors (Lipinski definition) is 1. The minimum Gasteiger partial charge on any atom is -0.390 e. The van der Waals surface area contributed by atoms with E-state index in [0.29, 0.717) is 6.04 Å². The van der Waals surface area contributed by atoms with E-state index in [2.05, 4.69) is 23.1 Å². The number of thioether (sulfide) groups is 1. The molecule has 1 unspecified atom stereocenters. The van der Waals surface area contributed by atoms with E-state index in [-0.39, 0.29) is 6.61 Å². The van der Waals surface area contributed by atoms with Crippen LogP contribution < -0.4 is 4.90 Å². The number of aliphatic hydroxyl groups is 1. The molecule has 19 heavy (non-hydrogen) atoms. The Labute approximate surface area is 118 Å². The van der Waals surface area contributed by atoms with Crippen molar-refractivity contribution in [1.82, 2.24) is 9.38 Å². The van der Waals surface area contributed by atoms with Crippen LogP contribution in [0.2, 0.25) is 0 Å². The number of aliphatic hydroxyl groups excluding tert-OH is 1. The summed E-state index contributed by atoms with van der Waals surface area (Å²) in [5, 5.41) is 9.62. The molecule has 1 N–H and O–H groups in total. The Morgan fingerprint density at radius 2 is 2.26 bits per heavy atom. The first kappa shape index (κ1) is 14.2. The summed E-state index contributed by atoms with van der Waals surface area (Å²) in [4.78, 5) is 6.80. The highest BCUT2D eigenvalue weighted by Crippen LogP contribution is 2.23. The molecule has 0 amide bonds. The molecule has 5 heteroatoms. The van der Waals surface area contributed by atoms with Crippen LogP contribution in [0, 0.1) is 0 Å². The first-order valence-electron chi connectivity index (χ1n) is 6.47. The zero-order valence-corrected chi connectivity index (χ0v) is 12.5. The molecule has 0 aliphatic heterocycles. The smallest absolute Gasteiger partial charge is 0.153 e. The lowest BCUT2D eigenvalue weighted by Gasteiger charge is -2.25. The molecule has 104 valence electrons. The number of anilines is 1. The lowest BCUT2D eigenvalue weighted by Crippen LogP contribution is -2.30. The molecular weight excluding hydrogens is 258 g/mol. The second kappa shape index (κ2) is 6.30. The number of fused-ring (bicyclic) bond motifs is 1. The number of rotatable bonds is 6. The molecule has 1 atom stereocenters. The lowest BCUT2D eigenvalue weighted by molar-refractivity contribution is 0.276. The van der Waals surface area contributed by atoms with Crippen LogP contribution >= 0.6 is 11.8 Å². The van der Waals surface area contributed by atoms with Gasteiger partial charge >= 0.3 is 0 Å². The highest BCUT2D eigenvalue weighted by Gasteiger charge is 2.18. The van der Waals surface area contributed by atoms with E-state index in [4.69, 9.17) is 0 Å². The standard InChI is InChI=1S/C14H21N3OS/c1-11(7-9-19-3)16(2)14-12(10-18)17-8-5-4-6-13(17)15-14/h4-6,8,11,18H,7,9-10H2,1-3H3. The molecule has 0 spiro atoms. The number of imidazole rings is 1. The molecular formula is C14H21N3OS. The van der Waals surface area contributed by atoms with E-state index in [0.717, 1.165) is 29.3 Å². The summed E-state index contributed by atoms with van der Waals surface area (Å²) in [7, 11) is 2.05. The van der Waals surface area contributed by atoms with Gasteiger partial charge in [0.25, 0.3) is 0 Å². The van der Waals surface area contributed by atoms with Crippen molar-refractivity contribution >= 4 is 23.2 Å². The Hall–Kier alpha value is -1.20. The van der Waals surface area contributed by atoms with Crippen molar-refractivity contribution in [3.8, 4) is 0 Å². The number of aromatic nitrogens is 2. The fraction of sp³-hybridized carbons (Fsp3) is 0.500. The highest BCUT2D eigenvalue weighted by molar-refractivity contribution is 7.98. The summed E-state index contributed by atoms with van der Waals surface area (Å²) in [5.41, 5.74) is 1.74. The van der Waals surface area contributed by atoms with E-state index in [9.17, 15) is 5.11 Å². The Morgan fingerprint density at radius 3 is 2.95 bits per heavy atom. The molecule has 0 aliphatic rings. The maximum absolute atomic E-state index is 9.62. The summed E-state index contributed by atoms with van der Waals surface area (Å²) in [5.74, 6) is 2.01. The maximum atomic E-state index is 9.62. The Bertz CT molecular complexity index is 540. The van der Waals surface area contributed by atoms with Gasteiger partial charge in [0, 0.05) is 19.3 Å². The van der Waals surface area contributed by atoms with E-state index in [1.807, 2.05) is 47.6 Å². The minimum atomic E-state index is 0.000100. The molecule has 0 aromatic carbocycles. The molecule has 2 aromatic rings. The van der Waals surface area contributed by atoms with Crippen molar-refractivity contribution in [2.24, 2.45) is 0 Å². The van der Waals surface area contributed by atoms with Crippen molar-refractivity contribution < 1.29 is 5.11 Å². The zero-order chi connectivity index (χ0) is 13.8. The van der Waals surface area contributed by atoms with Gasteiger partial charge in [-0.25, -0.2) is 4.98 Å². The molecule has 2 aromatic heterocycles. The average molecular weight is 279 g/mol. The van der Waals surface area contributed by atoms with E-state index < -0.39 is 0 Å². The fourth-order valence-electron chi connectivity index (χ4n) is 2.15. The van der Waals surface area contributed by atoms with Crippen molar-refractivity contribution in [1.29, 1.82) is 0 Å². The number of hydrogen-bond acceptors (Lipinski definition) is 4. The summed E-state index contributed by atoms with van der Waals surface area (Å²) in [6.07, 6.45) is 5.17. The predicted octanol–water partition coefficient (Wildman–Crippen LogP) is 2.40. The molecule has 4 nitrogen and oxygen atoms in total. The highest BCUT2D eigenvalue weighted by atomic mass is 32.2. The van der Waals surface area contributed by atoms with Crippen LogP contribution in [-0.4, -0.2) is 39.6 Å². The van der Waals surface area contributed by atoms with E-state index in [1.54, 1.807) is 0 Å². The lowest BCUT2D eigenvalue weighted by atomic mass is 10.2. The van der Waals surface area contributed by atoms with Gasteiger partial charge in [0.05, 0.1) is 12.3 Å². The second-order valence-electron chi connectivity index (χ2n) is 4.71. The second-order valence-corrected chi connectivity index (χ2v) is 5.70. The van der Waals surface area contributed by atoms with Gasteiger partial charge in [0.2, 0.25) is 0 Å². The predicted molar refractivity (Wildman–Crippen MR) is 82.0 cm³/mol. The van der Waals surface area contributed by atoms with Crippen molar-refractivity contribution in [3.05, 3.63) is 30.1 Å². The van der Waals surface area contributed by atoms with Crippen molar-refractivity contribution in [2.75, 3.05) is 24.0 Å². The van der Waals surface area contributed by atoms with Crippen LogP contribution in [0.4, 0.5) is 5.82 Å². The minimum absolute atomic E-state index is 0.000100. The van der Waals surface area contributed by atoms with Gasteiger partial charge in [0.1, 0.15) is 5.65 Å². The third kappa shape index (κ3) is 2.87. The van der Waals surface area contributed by atoms with Crippen LogP contribution in [0.1, 0.15) is 19.0 Å². The molecule has 0 aliphatic carbocycles. The maximum Gasteiger partial charge on any atom is 0.153 e. The van der Waals surface area contributed by atoms with Gasteiger partial charge in [0.15, 0.2) is 5.82 Å². The molecule has 0 radical (unpaired) electrons. The van der Waals surface area contributed by atoms with Crippen LogP contribution in [0.25, 0.3) is 5.65 Å². The Morgan fingerprint density at radius 1 is 1.47 bits per heavy atom. The molecule has 2 heterocycles. The Balaban J connectivity index is 2.33. The van der Waals surface area contributed by atoms with Gasteiger partial charge in [-0.2, -0.15) is 11.8 Å². The van der Waals surface area contributed by atoms with Gasteiger partial charge < -0.3 is 10.0 Å². The molecule has 0 bridgehead atoms. The molecule has 2 rings (SSSR count). The normalized spacial score (nSPS) is 12.8. The molecule has 0 saturated heterocycles. The topological polar surface area (TPSA) is 40.8 Å². The van der Waals surface area contributed by atoms with Gasteiger partial charge in [-0.05, 0) is 37.5 Å². The largest absolute Gasteiger partial charge is 0.390 e. The van der Waals surface area contributed by atoms with Gasteiger partial charge in [-0.15, -0.1) is 0 Å². The summed E-state index contributed by atoms with van der Waals surface area (Å²) < 4.78 is 1.95. The van der Waals surface area contributed by atoms with Crippen molar-refractivity contribution in [2.45, 2.75) is 26.0 Å². The number of nitrogens with zero attached hydrogens (tertiary/aromatic N) is 3. The van der Waals surface area contributed by atoms with E-state index >= 15 is 0 Å². The fourth-order valence-corrected chi connectivity index (χ4v) is 2.73. The third-order valence-corrected chi connectivity index (χ3v) is 4.14. The monoisotopic (exact) mass is 279 g/mol. The summed E-state index contributed by atoms with van der Waals surface area (Å²) >= 11 is 1.86. The molecule has 0 fully saturated rings. The van der Waals surface area contributed by atoms with Gasteiger partial charge in [-0.1, -0.05) is 6.07 Å². The van der Waals surface area contributed by atoms with Crippen LogP contribution in [0.3, 0.4) is 0 Å². The average Bonchev–Trinajstić information content (AvgIpc) is 2.82. The summed E-state index contributed by atoms with van der Waals surface area (Å²) in [6, 6.07) is 6.28. The summed E-state index contributed by atoms with van der Waals surface area (Å²) in [6.45, 7) is 2.20. The zero-order valence-electron chi connectivity index (χ0n) is 11.7. The first-order valence-corrected chi connectivity index (χ1v) is 7.87. The molecule has 0 saturated carbocycles. The van der Waals surface area contributed by atoms with Crippen LogP contribution in [0.5, 0.6) is 0 Å². The first-order chi connectivity index (χ1) is 9.19. The quantitative estimate of drug-likeness (QED) is 0.881. The third-order valence-electron chi connectivity index (χ3n) is 3.49. The van der Waals surface area contributed by atoms with Crippen LogP contribution in [0.15, 0.2) is 24.4 Å².